The SMILES string of the molecule is COc1ccc(OCC(=O)OCC(=O)Nc2ccc(Cl)c(S(=O)(=O)N3CCOCC3)c2)cc1. The molecule has 0 spiro atoms. The number of benzene rings is 2. The van der Waals surface area contributed by atoms with Crippen LogP contribution in [0.15, 0.2) is 47.4 Å². The topological polar surface area (TPSA) is 120 Å². The first-order chi connectivity index (χ1) is 15.8. The fraction of sp³-hybridized carbons (Fsp3) is 0.333. The summed E-state index contributed by atoms with van der Waals surface area (Å²) in [5.74, 6) is -0.311. The molecule has 33 heavy (non-hydrogen) atoms. The minimum absolute atomic E-state index is 0.0293. The Morgan fingerprint density at radius 2 is 1.73 bits per heavy atom. The second kappa shape index (κ2) is 11.3. The second-order valence-electron chi connectivity index (χ2n) is 6.83. The molecule has 1 fully saturated rings. The zero-order valence-corrected chi connectivity index (χ0v) is 19.4. The average molecular weight is 499 g/mol. The zero-order valence-electron chi connectivity index (χ0n) is 17.8. The van der Waals surface area contributed by atoms with Crippen LogP contribution in [0.25, 0.3) is 0 Å². The van der Waals surface area contributed by atoms with Crippen molar-refractivity contribution in [2.24, 2.45) is 0 Å². The Kier molecular flexibility index (Phi) is 8.50. The summed E-state index contributed by atoms with van der Waals surface area (Å²) in [6, 6.07) is 10.7. The van der Waals surface area contributed by atoms with Crippen LogP contribution in [-0.2, 0) is 29.1 Å². The van der Waals surface area contributed by atoms with E-state index in [4.69, 9.17) is 30.5 Å². The van der Waals surface area contributed by atoms with Gasteiger partial charge in [0, 0.05) is 18.8 Å². The normalized spacial score (nSPS) is 14.4. The Morgan fingerprint density at radius 3 is 2.39 bits per heavy atom. The molecule has 178 valence electrons. The molecule has 12 heteroatoms. The number of ether oxygens (including phenoxy) is 4. The molecule has 0 atom stereocenters. The van der Waals surface area contributed by atoms with Crippen molar-refractivity contribution in [1.82, 2.24) is 4.31 Å². The third-order valence-electron chi connectivity index (χ3n) is 4.58. The van der Waals surface area contributed by atoms with Crippen LogP contribution in [-0.4, -0.2) is 71.2 Å². The molecule has 2 aromatic rings. The summed E-state index contributed by atoms with van der Waals surface area (Å²) in [5.41, 5.74) is 0.196. The van der Waals surface area contributed by atoms with Crippen molar-refractivity contribution in [2.75, 3.05) is 51.9 Å². The van der Waals surface area contributed by atoms with Gasteiger partial charge in [0.15, 0.2) is 13.2 Å². The van der Waals surface area contributed by atoms with Crippen molar-refractivity contribution < 1.29 is 37.0 Å². The molecular formula is C21H23ClN2O8S. The van der Waals surface area contributed by atoms with E-state index in [9.17, 15) is 18.0 Å². The van der Waals surface area contributed by atoms with Gasteiger partial charge in [0.05, 0.1) is 25.3 Å². The quantitative estimate of drug-likeness (QED) is 0.521. The van der Waals surface area contributed by atoms with Crippen LogP contribution >= 0.6 is 11.6 Å². The fourth-order valence-electron chi connectivity index (χ4n) is 2.90. The zero-order chi connectivity index (χ0) is 23.8. The fourth-order valence-corrected chi connectivity index (χ4v) is 4.81. The van der Waals surface area contributed by atoms with Crippen LogP contribution in [0.5, 0.6) is 11.5 Å². The first-order valence-corrected chi connectivity index (χ1v) is 11.7. The highest BCUT2D eigenvalue weighted by molar-refractivity contribution is 7.89. The van der Waals surface area contributed by atoms with Gasteiger partial charge in [-0.05, 0) is 42.5 Å². The molecule has 0 bridgehead atoms. The van der Waals surface area contributed by atoms with Gasteiger partial charge in [-0.1, -0.05) is 11.6 Å². The molecule has 2 aromatic carbocycles. The van der Waals surface area contributed by atoms with Crippen molar-refractivity contribution in [3.63, 3.8) is 0 Å². The van der Waals surface area contributed by atoms with Crippen molar-refractivity contribution in [1.29, 1.82) is 0 Å². The number of nitrogens with zero attached hydrogens (tertiary/aromatic N) is 1. The number of morpholine rings is 1. The lowest BCUT2D eigenvalue weighted by molar-refractivity contribution is -0.149. The number of methoxy groups -OCH3 is 1. The summed E-state index contributed by atoms with van der Waals surface area (Å²) in [7, 11) is -2.32. The maximum absolute atomic E-state index is 12.9. The predicted molar refractivity (Wildman–Crippen MR) is 119 cm³/mol. The number of esters is 1. The van der Waals surface area contributed by atoms with Crippen LogP contribution in [0.3, 0.4) is 0 Å². The average Bonchev–Trinajstić information content (AvgIpc) is 2.83. The minimum atomic E-state index is -3.85. The maximum Gasteiger partial charge on any atom is 0.344 e. The highest BCUT2D eigenvalue weighted by Crippen LogP contribution is 2.28. The number of amides is 1. The number of halogens is 1. The predicted octanol–water partition coefficient (Wildman–Crippen LogP) is 1.93. The van der Waals surface area contributed by atoms with Gasteiger partial charge >= 0.3 is 5.97 Å². The minimum Gasteiger partial charge on any atom is -0.497 e. The van der Waals surface area contributed by atoms with Gasteiger partial charge in [-0.2, -0.15) is 4.31 Å². The van der Waals surface area contributed by atoms with E-state index in [2.05, 4.69) is 5.32 Å². The third-order valence-corrected chi connectivity index (χ3v) is 6.96. The first kappa shape index (κ1) is 24.8. The highest BCUT2D eigenvalue weighted by Gasteiger charge is 2.28. The molecule has 0 aliphatic carbocycles. The Hall–Kier alpha value is -2.86. The van der Waals surface area contributed by atoms with Gasteiger partial charge in [0.1, 0.15) is 16.4 Å². The van der Waals surface area contributed by atoms with Crippen molar-refractivity contribution in [2.45, 2.75) is 4.90 Å². The number of carbonyl (C=O) groups excluding carboxylic acids is 2. The molecule has 10 nitrogen and oxygen atoms in total. The molecule has 0 radical (unpaired) electrons. The van der Waals surface area contributed by atoms with Gasteiger partial charge in [-0.3, -0.25) is 4.79 Å². The second-order valence-corrected chi connectivity index (χ2v) is 9.15. The Bertz CT molecular complexity index is 1090. The highest BCUT2D eigenvalue weighted by atomic mass is 35.5. The van der Waals surface area contributed by atoms with Crippen LogP contribution < -0.4 is 14.8 Å². The van der Waals surface area contributed by atoms with Crippen molar-refractivity contribution in [3.05, 3.63) is 47.5 Å². The van der Waals surface area contributed by atoms with E-state index in [-0.39, 0.29) is 35.3 Å². The number of hydrogen-bond donors (Lipinski definition) is 1. The van der Waals surface area contributed by atoms with Gasteiger partial charge in [0.2, 0.25) is 10.0 Å². The van der Waals surface area contributed by atoms with Gasteiger partial charge in [-0.25, -0.2) is 13.2 Å². The number of nitrogens with one attached hydrogen (secondary N) is 1. The number of sulfonamides is 1. The Labute approximate surface area is 196 Å². The Balaban J connectivity index is 1.52. The van der Waals surface area contributed by atoms with E-state index in [0.717, 1.165) is 0 Å². The van der Waals surface area contributed by atoms with Gasteiger partial charge in [-0.15, -0.1) is 0 Å². The van der Waals surface area contributed by atoms with Crippen molar-refractivity contribution >= 4 is 39.2 Å². The van der Waals surface area contributed by atoms with E-state index in [0.29, 0.717) is 24.7 Å². The van der Waals surface area contributed by atoms with Crippen LogP contribution in [0.2, 0.25) is 5.02 Å². The number of carbonyl (C=O) groups is 2. The molecule has 0 aromatic heterocycles. The molecule has 1 amide bonds. The number of hydrogen-bond acceptors (Lipinski definition) is 8. The van der Waals surface area contributed by atoms with Crippen molar-refractivity contribution in [3.8, 4) is 11.5 Å². The van der Waals surface area contributed by atoms with Crippen LogP contribution in [0.1, 0.15) is 0 Å². The van der Waals surface area contributed by atoms with E-state index in [1.807, 2.05) is 0 Å². The standard InChI is InChI=1S/C21H23ClN2O8S/c1-29-16-3-5-17(6-4-16)31-14-21(26)32-13-20(25)23-15-2-7-18(22)19(12-15)33(27,28)24-8-10-30-11-9-24/h2-7,12H,8-11,13-14H2,1H3,(H,23,25). The number of rotatable bonds is 9. The smallest absolute Gasteiger partial charge is 0.344 e. The van der Waals surface area contributed by atoms with E-state index in [1.54, 1.807) is 24.3 Å². The van der Waals surface area contributed by atoms with E-state index in [1.165, 1.54) is 29.6 Å². The molecule has 1 aliphatic heterocycles. The van der Waals surface area contributed by atoms with E-state index < -0.39 is 28.5 Å². The largest absolute Gasteiger partial charge is 0.497 e. The maximum atomic E-state index is 12.9. The summed E-state index contributed by atoms with van der Waals surface area (Å²) in [4.78, 5) is 23.9. The first-order valence-electron chi connectivity index (χ1n) is 9.89. The van der Waals surface area contributed by atoms with Crippen LogP contribution in [0.4, 0.5) is 5.69 Å². The van der Waals surface area contributed by atoms with Gasteiger partial charge < -0.3 is 24.3 Å². The van der Waals surface area contributed by atoms with Gasteiger partial charge in [0.25, 0.3) is 5.91 Å². The molecular weight excluding hydrogens is 476 g/mol. The summed E-state index contributed by atoms with van der Waals surface area (Å²) < 4.78 is 47.4. The molecule has 1 heterocycles. The molecule has 1 N–H and O–H groups in total. The summed E-state index contributed by atoms with van der Waals surface area (Å²) in [6.45, 7) is 0.0523. The summed E-state index contributed by atoms with van der Waals surface area (Å²) in [6.07, 6.45) is 0. The molecule has 0 saturated carbocycles. The summed E-state index contributed by atoms with van der Waals surface area (Å²) in [5, 5.41) is 2.52. The third kappa shape index (κ3) is 6.81. The lowest BCUT2D eigenvalue weighted by Gasteiger charge is -2.26. The number of anilines is 1. The monoisotopic (exact) mass is 498 g/mol. The van der Waals surface area contributed by atoms with E-state index >= 15 is 0 Å². The molecule has 3 rings (SSSR count). The lowest BCUT2D eigenvalue weighted by atomic mass is 10.3. The van der Waals surface area contributed by atoms with Crippen LogP contribution in [0, 0.1) is 0 Å². The lowest BCUT2D eigenvalue weighted by Crippen LogP contribution is -2.40. The molecule has 0 unspecified atom stereocenters. The molecule has 1 saturated heterocycles. The molecule has 1 aliphatic rings. The summed E-state index contributed by atoms with van der Waals surface area (Å²) >= 11 is 6.10. The Morgan fingerprint density at radius 1 is 1.06 bits per heavy atom.